The fourth-order valence-electron chi connectivity index (χ4n) is 9.08. The minimum Gasteiger partial charge on any atom is -0.392 e. The van der Waals surface area contributed by atoms with Crippen LogP contribution in [0.25, 0.3) is 0 Å². The zero-order chi connectivity index (χ0) is 31.1. The molecule has 10 heteroatoms. The lowest BCUT2D eigenvalue weighted by Gasteiger charge is -2.50. The number of carbonyl (C=O) groups excluding carboxylic acids is 2. The van der Waals surface area contributed by atoms with Gasteiger partial charge in [0, 0.05) is 13.1 Å². The first-order chi connectivity index (χ1) is 21.0. The molecule has 7 atom stereocenters. The van der Waals surface area contributed by atoms with Crippen LogP contribution in [-0.2, 0) is 32.7 Å². The topological polar surface area (TPSA) is 139 Å². The molecule has 1 saturated heterocycles. The van der Waals surface area contributed by atoms with Crippen LogP contribution >= 0.6 is 0 Å². The number of nitrogens with two attached hydrogens (primary N) is 1. The van der Waals surface area contributed by atoms with Gasteiger partial charge in [-0.2, -0.15) is 13.6 Å². The Kier molecular flexibility index (Phi) is 8.78. The molecule has 4 aliphatic rings. The minimum atomic E-state index is -4.06. The van der Waals surface area contributed by atoms with Crippen LogP contribution in [0.1, 0.15) is 80.9 Å². The number of aliphatic hydroxyl groups is 1. The van der Waals surface area contributed by atoms with Crippen molar-refractivity contribution in [2.24, 2.45) is 28.3 Å². The van der Waals surface area contributed by atoms with Crippen molar-refractivity contribution in [2.45, 2.75) is 89.2 Å². The zero-order valence-corrected chi connectivity index (χ0v) is 26.3. The zero-order valence-electron chi connectivity index (χ0n) is 25.5. The van der Waals surface area contributed by atoms with Crippen LogP contribution in [-0.4, -0.2) is 55.5 Å². The van der Waals surface area contributed by atoms with E-state index in [4.69, 9.17) is 9.32 Å². The molecular formula is C34H45N3O6S. The van der Waals surface area contributed by atoms with E-state index in [0.717, 1.165) is 62.5 Å². The molecule has 6 rings (SSSR count). The SMILES string of the molecule is C[C@]12CC[C@@H]3c4ccc(OS(N)(=O)=O)cc4CC[C@H]3[C@@H]1C[C@H](CCCNC(=O)C1CCCN1C(=O)Cc1ccccc1)[C@@H]2O. The van der Waals surface area contributed by atoms with Crippen molar-refractivity contribution in [1.82, 2.24) is 10.2 Å². The van der Waals surface area contributed by atoms with Crippen LogP contribution < -0.4 is 14.6 Å². The number of amides is 2. The van der Waals surface area contributed by atoms with Gasteiger partial charge in [0.25, 0.3) is 0 Å². The van der Waals surface area contributed by atoms with E-state index in [1.807, 2.05) is 42.5 Å². The fraction of sp³-hybridized carbons (Fsp3) is 0.588. The maximum absolute atomic E-state index is 13.1. The summed E-state index contributed by atoms with van der Waals surface area (Å²) in [5.74, 6) is 1.68. The molecule has 0 radical (unpaired) electrons. The predicted octanol–water partition coefficient (Wildman–Crippen LogP) is 3.84. The fourth-order valence-corrected chi connectivity index (χ4v) is 9.45. The highest BCUT2D eigenvalue weighted by Gasteiger charge is 2.57. The highest BCUT2D eigenvalue weighted by molar-refractivity contribution is 7.84. The van der Waals surface area contributed by atoms with Crippen LogP contribution in [0, 0.1) is 23.2 Å². The van der Waals surface area contributed by atoms with Gasteiger partial charge in [-0.25, -0.2) is 0 Å². The monoisotopic (exact) mass is 623 g/mol. The van der Waals surface area contributed by atoms with Crippen molar-refractivity contribution in [2.75, 3.05) is 13.1 Å². The van der Waals surface area contributed by atoms with Crippen molar-refractivity contribution in [3.8, 4) is 5.75 Å². The van der Waals surface area contributed by atoms with Crippen molar-refractivity contribution in [3.05, 3.63) is 65.2 Å². The largest absolute Gasteiger partial charge is 0.392 e. The molecule has 2 saturated carbocycles. The molecule has 1 aliphatic heterocycles. The van der Waals surface area contributed by atoms with Crippen LogP contribution in [0.2, 0.25) is 0 Å². The second-order valence-corrected chi connectivity index (χ2v) is 14.8. The molecule has 3 aliphatic carbocycles. The molecule has 0 aromatic heterocycles. The van der Waals surface area contributed by atoms with Crippen LogP contribution in [0.15, 0.2) is 48.5 Å². The Morgan fingerprint density at radius 1 is 1.14 bits per heavy atom. The van der Waals surface area contributed by atoms with Crippen molar-refractivity contribution < 1.29 is 27.3 Å². The Morgan fingerprint density at radius 2 is 1.93 bits per heavy atom. The highest BCUT2D eigenvalue weighted by atomic mass is 32.2. The normalized spacial score (nSPS) is 31.1. The van der Waals surface area contributed by atoms with Gasteiger partial charge in [0.1, 0.15) is 11.8 Å². The summed E-state index contributed by atoms with van der Waals surface area (Å²) in [6.45, 7) is 3.43. The maximum Gasteiger partial charge on any atom is 0.380 e. The second kappa shape index (κ2) is 12.4. The van der Waals surface area contributed by atoms with Crippen LogP contribution in [0.5, 0.6) is 5.75 Å². The Morgan fingerprint density at radius 3 is 2.70 bits per heavy atom. The van der Waals surface area contributed by atoms with Crippen LogP contribution in [0.3, 0.4) is 0 Å². The second-order valence-electron chi connectivity index (χ2n) is 13.7. The van der Waals surface area contributed by atoms with Gasteiger partial charge in [-0.05, 0) is 116 Å². The van der Waals surface area contributed by atoms with Gasteiger partial charge in [-0.1, -0.05) is 43.3 Å². The number of hydrogen-bond donors (Lipinski definition) is 3. The minimum absolute atomic E-state index is 0.000282. The van der Waals surface area contributed by atoms with Gasteiger partial charge in [0.05, 0.1) is 12.5 Å². The molecule has 1 heterocycles. The summed E-state index contributed by atoms with van der Waals surface area (Å²) in [6, 6.07) is 14.8. The van der Waals surface area contributed by atoms with Crippen molar-refractivity contribution >= 4 is 22.1 Å². The number of nitrogens with one attached hydrogen (secondary N) is 1. The van der Waals surface area contributed by atoms with E-state index in [1.54, 1.807) is 11.0 Å². The summed E-state index contributed by atoms with van der Waals surface area (Å²) in [7, 11) is -4.06. The lowest BCUT2D eigenvalue weighted by atomic mass is 9.55. The molecule has 44 heavy (non-hydrogen) atoms. The summed E-state index contributed by atoms with van der Waals surface area (Å²) in [5.41, 5.74) is 3.24. The number of carbonyl (C=O) groups is 2. The van der Waals surface area contributed by atoms with E-state index in [-0.39, 0.29) is 35.0 Å². The molecule has 1 unspecified atom stereocenters. The molecule has 4 N–H and O–H groups in total. The Labute approximate surface area is 260 Å². The summed E-state index contributed by atoms with van der Waals surface area (Å²) in [6.07, 6.45) is 7.93. The molecule has 2 amide bonds. The first-order valence-corrected chi connectivity index (χ1v) is 17.6. The Balaban J connectivity index is 1.02. The standard InChI is InChI=1S/C34H45N3O6S/c1-34-16-15-27-26-14-12-25(43-44(35,41)42)20-23(26)11-13-28(27)29(34)21-24(32(34)39)9-5-17-36-33(40)30-10-6-18-37(30)31(38)19-22-7-3-2-4-8-22/h2-4,7-8,12,14,20,24,27-30,32,39H,5-6,9-11,13,15-19,21H2,1H3,(H,36,40)(H2,35,41,42)/t24-,27+,28+,29-,30?,32-,34-/m0/s1. The number of likely N-dealkylation sites (tertiary alicyclic amines) is 1. The van der Waals surface area contributed by atoms with Gasteiger partial charge in [-0.15, -0.1) is 0 Å². The molecule has 3 fully saturated rings. The maximum atomic E-state index is 13.1. The third-order valence-corrected chi connectivity index (χ3v) is 11.6. The van der Waals surface area contributed by atoms with Gasteiger partial charge in [0.2, 0.25) is 11.8 Å². The highest BCUT2D eigenvalue weighted by Crippen LogP contribution is 2.62. The van der Waals surface area contributed by atoms with E-state index in [1.165, 1.54) is 5.56 Å². The predicted molar refractivity (Wildman–Crippen MR) is 167 cm³/mol. The van der Waals surface area contributed by atoms with Crippen LogP contribution in [0.4, 0.5) is 0 Å². The van der Waals surface area contributed by atoms with E-state index >= 15 is 0 Å². The Hall–Kier alpha value is -2.95. The number of rotatable bonds is 9. The van der Waals surface area contributed by atoms with Crippen molar-refractivity contribution in [1.29, 1.82) is 0 Å². The summed E-state index contributed by atoms with van der Waals surface area (Å²) < 4.78 is 27.7. The lowest BCUT2D eigenvalue weighted by Crippen LogP contribution is -2.46. The number of benzene rings is 2. The number of hydrogen-bond acceptors (Lipinski definition) is 6. The lowest BCUT2D eigenvalue weighted by molar-refractivity contribution is -0.137. The molecular weight excluding hydrogens is 578 g/mol. The van der Waals surface area contributed by atoms with E-state index < -0.39 is 16.3 Å². The summed E-state index contributed by atoms with van der Waals surface area (Å²) in [5, 5.41) is 19.7. The molecule has 2 aromatic carbocycles. The van der Waals surface area contributed by atoms with Gasteiger partial charge in [-0.3, -0.25) is 9.59 Å². The number of aryl methyl sites for hydroxylation is 1. The van der Waals surface area contributed by atoms with E-state index in [0.29, 0.717) is 43.7 Å². The third kappa shape index (κ3) is 6.26. The van der Waals surface area contributed by atoms with Gasteiger partial charge < -0.3 is 19.5 Å². The van der Waals surface area contributed by atoms with E-state index in [2.05, 4.69) is 12.2 Å². The molecule has 9 nitrogen and oxygen atoms in total. The molecule has 2 aromatic rings. The van der Waals surface area contributed by atoms with Crippen molar-refractivity contribution in [3.63, 3.8) is 0 Å². The third-order valence-electron chi connectivity index (χ3n) is 11.2. The quantitative estimate of drug-likeness (QED) is 0.363. The smallest absolute Gasteiger partial charge is 0.380 e. The Bertz CT molecular complexity index is 1480. The first-order valence-electron chi connectivity index (χ1n) is 16.2. The molecule has 0 spiro atoms. The summed E-state index contributed by atoms with van der Waals surface area (Å²) in [4.78, 5) is 27.8. The molecule has 0 bridgehead atoms. The average Bonchev–Trinajstić information content (AvgIpc) is 3.58. The number of aliphatic hydroxyl groups excluding tert-OH is 1. The average molecular weight is 624 g/mol. The molecule has 238 valence electrons. The van der Waals surface area contributed by atoms with Gasteiger partial charge >= 0.3 is 10.3 Å². The summed E-state index contributed by atoms with van der Waals surface area (Å²) >= 11 is 0. The first kappa shape index (κ1) is 31.0. The number of fused-ring (bicyclic) bond motifs is 5. The van der Waals surface area contributed by atoms with E-state index in [9.17, 15) is 23.1 Å². The number of nitrogens with zero attached hydrogens (tertiary/aromatic N) is 1. The van der Waals surface area contributed by atoms with Gasteiger partial charge in [0.15, 0.2) is 0 Å².